The van der Waals surface area contributed by atoms with Crippen molar-refractivity contribution in [2.75, 3.05) is 26.2 Å². The number of amides is 1. The summed E-state index contributed by atoms with van der Waals surface area (Å²) >= 11 is 0. The van der Waals surface area contributed by atoms with E-state index in [1.165, 1.54) is 38.2 Å². The third kappa shape index (κ3) is 4.23. The molecule has 0 unspecified atom stereocenters. The van der Waals surface area contributed by atoms with Gasteiger partial charge in [-0.15, -0.1) is 0 Å². The van der Waals surface area contributed by atoms with Gasteiger partial charge in [0.2, 0.25) is 10.0 Å². The Morgan fingerprint density at radius 2 is 1.81 bits per heavy atom. The van der Waals surface area contributed by atoms with Crippen molar-refractivity contribution in [3.63, 3.8) is 0 Å². The van der Waals surface area contributed by atoms with Gasteiger partial charge in [-0.05, 0) is 36.8 Å². The smallest absolute Gasteiger partial charge is 0.272 e. The van der Waals surface area contributed by atoms with Gasteiger partial charge in [0.15, 0.2) is 0 Å². The van der Waals surface area contributed by atoms with E-state index in [4.69, 9.17) is 0 Å². The largest absolute Gasteiger partial charge is 0.336 e. The Hall–Kier alpha value is -3.05. The molecule has 9 nitrogen and oxygen atoms in total. The lowest BCUT2D eigenvalue weighted by molar-refractivity contribution is 0.0753. The Bertz CT molecular complexity index is 1200. The SMILES string of the molecule is Cn1cc(S(=O)(=O)N2CCCN(C(=O)c3cc(-c4ccc(F)cc4)nn3C)CC2)cn1. The number of sulfonamides is 1. The van der Waals surface area contributed by atoms with Crippen LogP contribution in [0.4, 0.5) is 4.39 Å². The van der Waals surface area contributed by atoms with Crippen LogP contribution in [-0.2, 0) is 24.1 Å². The maximum atomic E-state index is 13.2. The van der Waals surface area contributed by atoms with Crippen LogP contribution >= 0.6 is 0 Å². The summed E-state index contributed by atoms with van der Waals surface area (Å²) in [5.74, 6) is -0.560. The summed E-state index contributed by atoms with van der Waals surface area (Å²) in [5, 5.41) is 8.32. The number of carbonyl (C=O) groups is 1. The van der Waals surface area contributed by atoms with Gasteiger partial charge in [-0.25, -0.2) is 12.8 Å². The Labute approximate surface area is 179 Å². The summed E-state index contributed by atoms with van der Waals surface area (Å²) in [6.45, 7) is 1.24. The highest BCUT2D eigenvalue weighted by Crippen LogP contribution is 2.21. The number of carbonyl (C=O) groups excluding carboxylic acids is 1. The van der Waals surface area contributed by atoms with Gasteiger partial charge in [0, 0.05) is 52.0 Å². The van der Waals surface area contributed by atoms with E-state index < -0.39 is 10.0 Å². The molecule has 11 heteroatoms. The summed E-state index contributed by atoms with van der Waals surface area (Å²) in [7, 11) is -0.318. The first-order valence-electron chi connectivity index (χ1n) is 9.84. The predicted octanol–water partition coefficient (Wildman–Crippen LogP) is 1.50. The number of nitrogens with zero attached hydrogens (tertiary/aromatic N) is 6. The number of benzene rings is 1. The van der Waals surface area contributed by atoms with Gasteiger partial charge in [0.05, 0.1) is 11.9 Å². The topological polar surface area (TPSA) is 93.3 Å². The van der Waals surface area contributed by atoms with E-state index in [-0.39, 0.29) is 29.7 Å². The third-order valence-electron chi connectivity index (χ3n) is 5.30. The molecule has 0 radical (unpaired) electrons. The highest BCUT2D eigenvalue weighted by molar-refractivity contribution is 7.89. The Kier molecular flexibility index (Phi) is 5.63. The van der Waals surface area contributed by atoms with Crippen LogP contribution < -0.4 is 0 Å². The summed E-state index contributed by atoms with van der Waals surface area (Å²) in [6.07, 6.45) is 3.32. The van der Waals surface area contributed by atoms with Crippen LogP contribution in [0.3, 0.4) is 0 Å². The maximum Gasteiger partial charge on any atom is 0.272 e. The first-order valence-corrected chi connectivity index (χ1v) is 11.3. The fourth-order valence-electron chi connectivity index (χ4n) is 3.61. The van der Waals surface area contributed by atoms with Crippen LogP contribution in [0.25, 0.3) is 11.3 Å². The molecule has 31 heavy (non-hydrogen) atoms. The third-order valence-corrected chi connectivity index (χ3v) is 7.15. The van der Waals surface area contributed by atoms with Crippen LogP contribution in [-0.4, -0.2) is 69.3 Å². The van der Waals surface area contributed by atoms with Crippen LogP contribution in [0.2, 0.25) is 0 Å². The van der Waals surface area contributed by atoms with Gasteiger partial charge in [-0.2, -0.15) is 14.5 Å². The van der Waals surface area contributed by atoms with Crippen LogP contribution in [0, 0.1) is 5.82 Å². The number of aryl methyl sites for hydroxylation is 2. The average molecular weight is 447 g/mol. The zero-order valence-electron chi connectivity index (χ0n) is 17.3. The summed E-state index contributed by atoms with van der Waals surface area (Å²) in [6, 6.07) is 7.58. The lowest BCUT2D eigenvalue weighted by atomic mass is 10.1. The number of hydrogen-bond donors (Lipinski definition) is 0. The molecular weight excluding hydrogens is 423 g/mol. The Balaban J connectivity index is 1.50. The normalized spacial score (nSPS) is 15.8. The van der Waals surface area contributed by atoms with Gasteiger partial charge < -0.3 is 4.90 Å². The molecule has 0 aliphatic carbocycles. The molecule has 3 aromatic rings. The minimum Gasteiger partial charge on any atom is -0.336 e. The monoisotopic (exact) mass is 446 g/mol. The number of halogens is 1. The van der Waals surface area contributed by atoms with E-state index in [1.54, 1.807) is 37.2 Å². The zero-order valence-corrected chi connectivity index (χ0v) is 18.1. The van der Waals surface area contributed by atoms with Crippen molar-refractivity contribution < 1.29 is 17.6 Å². The van der Waals surface area contributed by atoms with Gasteiger partial charge in [0.1, 0.15) is 16.4 Å². The molecule has 3 heterocycles. The molecule has 2 aromatic heterocycles. The lowest BCUT2D eigenvalue weighted by Gasteiger charge is -2.21. The average Bonchev–Trinajstić information content (AvgIpc) is 3.25. The molecule has 4 rings (SSSR count). The van der Waals surface area contributed by atoms with E-state index in [1.807, 2.05) is 0 Å². The second-order valence-corrected chi connectivity index (χ2v) is 9.38. The van der Waals surface area contributed by atoms with Gasteiger partial charge in [0.25, 0.3) is 5.91 Å². The number of hydrogen-bond acceptors (Lipinski definition) is 5. The quantitative estimate of drug-likeness (QED) is 0.606. The van der Waals surface area contributed by atoms with Crippen molar-refractivity contribution in [1.82, 2.24) is 28.8 Å². The fourth-order valence-corrected chi connectivity index (χ4v) is 5.07. The molecule has 1 aliphatic rings. The van der Waals surface area contributed by atoms with Crippen molar-refractivity contribution >= 4 is 15.9 Å². The van der Waals surface area contributed by atoms with E-state index in [2.05, 4.69) is 10.2 Å². The molecular formula is C20H23FN6O3S. The van der Waals surface area contributed by atoms with Crippen LogP contribution in [0.5, 0.6) is 0 Å². The standard InChI is InChI=1S/C20H23FN6O3S/c1-24-14-17(13-22-24)31(29,30)27-9-3-8-26(10-11-27)20(28)19-12-18(23-25(19)2)15-4-6-16(21)7-5-15/h4-7,12-14H,3,8-11H2,1-2H3. The van der Waals surface area contributed by atoms with Crippen molar-refractivity contribution in [2.45, 2.75) is 11.3 Å². The second-order valence-electron chi connectivity index (χ2n) is 7.44. The van der Waals surface area contributed by atoms with Crippen LogP contribution in [0.1, 0.15) is 16.9 Å². The number of aromatic nitrogens is 4. The molecule has 0 bridgehead atoms. The summed E-state index contributed by atoms with van der Waals surface area (Å²) in [4.78, 5) is 14.9. The van der Waals surface area contributed by atoms with E-state index in [0.29, 0.717) is 36.5 Å². The summed E-state index contributed by atoms with van der Waals surface area (Å²) in [5.41, 5.74) is 1.67. The molecule has 0 saturated carbocycles. The van der Waals surface area contributed by atoms with E-state index in [9.17, 15) is 17.6 Å². The van der Waals surface area contributed by atoms with Crippen molar-refractivity contribution in [3.05, 3.63) is 54.2 Å². The van der Waals surface area contributed by atoms with Crippen LogP contribution in [0.15, 0.2) is 47.6 Å². The molecule has 164 valence electrons. The van der Waals surface area contributed by atoms with E-state index in [0.717, 1.165) is 0 Å². The molecule has 0 spiro atoms. The lowest BCUT2D eigenvalue weighted by Crippen LogP contribution is -2.37. The van der Waals surface area contributed by atoms with E-state index >= 15 is 0 Å². The predicted molar refractivity (Wildman–Crippen MR) is 111 cm³/mol. The Morgan fingerprint density at radius 1 is 1.06 bits per heavy atom. The van der Waals surface area contributed by atoms with Crippen molar-refractivity contribution in [1.29, 1.82) is 0 Å². The summed E-state index contributed by atoms with van der Waals surface area (Å²) < 4.78 is 43.3. The zero-order chi connectivity index (χ0) is 22.2. The first-order chi connectivity index (χ1) is 14.8. The minimum absolute atomic E-state index is 0.144. The van der Waals surface area contributed by atoms with Crippen molar-refractivity contribution in [3.8, 4) is 11.3 Å². The Morgan fingerprint density at radius 3 is 2.48 bits per heavy atom. The number of rotatable bonds is 4. The second kappa shape index (κ2) is 8.23. The fraction of sp³-hybridized carbons (Fsp3) is 0.350. The molecule has 1 saturated heterocycles. The molecule has 1 fully saturated rings. The minimum atomic E-state index is -3.66. The molecule has 1 amide bonds. The van der Waals surface area contributed by atoms with Gasteiger partial charge in [-0.1, -0.05) is 0 Å². The molecule has 1 aromatic carbocycles. The highest BCUT2D eigenvalue weighted by Gasteiger charge is 2.30. The van der Waals surface area contributed by atoms with Gasteiger partial charge >= 0.3 is 0 Å². The van der Waals surface area contributed by atoms with Gasteiger partial charge in [-0.3, -0.25) is 14.2 Å². The molecule has 1 aliphatic heterocycles. The molecule has 0 N–H and O–H groups in total. The van der Waals surface area contributed by atoms with Crippen molar-refractivity contribution in [2.24, 2.45) is 14.1 Å². The first kappa shape index (κ1) is 21.2. The maximum absolute atomic E-state index is 13.2. The molecule has 0 atom stereocenters. The highest BCUT2D eigenvalue weighted by atomic mass is 32.2.